The van der Waals surface area contributed by atoms with Crippen molar-refractivity contribution in [3.05, 3.63) is 29.8 Å². The van der Waals surface area contributed by atoms with Crippen LogP contribution < -0.4 is 11.3 Å². The Morgan fingerprint density at radius 1 is 1.57 bits per heavy atom. The fraction of sp³-hybridized carbons (Fsp3) is 0.273. The third-order valence-electron chi connectivity index (χ3n) is 2.50. The SMILES string of the molecule is C#CC(NN)C1CSc2ccccc21. The van der Waals surface area contributed by atoms with Crippen molar-refractivity contribution in [1.29, 1.82) is 0 Å². The molecular formula is C11H12N2S. The Kier molecular flexibility index (Phi) is 2.78. The number of benzene rings is 1. The number of nitrogens with one attached hydrogen (secondary N) is 1. The van der Waals surface area contributed by atoms with E-state index in [1.54, 1.807) is 0 Å². The monoisotopic (exact) mass is 204 g/mol. The number of fused-ring (bicyclic) bond motifs is 1. The number of terminal acetylenes is 1. The van der Waals surface area contributed by atoms with Crippen LogP contribution in [0.2, 0.25) is 0 Å². The van der Waals surface area contributed by atoms with Gasteiger partial charge in [0, 0.05) is 16.6 Å². The number of hydrogen-bond acceptors (Lipinski definition) is 3. The summed E-state index contributed by atoms with van der Waals surface area (Å²) in [6.45, 7) is 0. The molecule has 1 aliphatic heterocycles. The summed E-state index contributed by atoms with van der Waals surface area (Å²) in [7, 11) is 0. The third-order valence-corrected chi connectivity index (χ3v) is 3.71. The predicted octanol–water partition coefficient (Wildman–Crippen LogP) is 1.34. The molecule has 0 saturated carbocycles. The topological polar surface area (TPSA) is 38.0 Å². The molecule has 0 amide bonds. The lowest BCUT2D eigenvalue weighted by molar-refractivity contribution is 0.560. The number of rotatable bonds is 2. The smallest absolute Gasteiger partial charge is 0.0891 e. The molecule has 0 saturated heterocycles. The van der Waals surface area contributed by atoms with Crippen LogP contribution in [0.3, 0.4) is 0 Å². The molecule has 2 atom stereocenters. The van der Waals surface area contributed by atoms with Crippen LogP contribution in [0, 0.1) is 12.3 Å². The second kappa shape index (κ2) is 4.05. The molecule has 0 aromatic heterocycles. The van der Waals surface area contributed by atoms with Crippen LogP contribution in [-0.2, 0) is 0 Å². The van der Waals surface area contributed by atoms with E-state index in [-0.39, 0.29) is 6.04 Å². The lowest BCUT2D eigenvalue weighted by Gasteiger charge is -2.17. The van der Waals surface area contributed by atoms with Gasteiger partial charge in [0.2, 0.25) is 0 Å². The van der Waals surface area contributed by atoms with Gasteiger partial charge in [-0.2, -0.15) is 0 Å². The van der Waals surface area contributed by atoms with E-state index < -0.39 is 0 Å². The first-order valence-electron chi connectivity index (χ1n) is 4.51. The molecule has 0 aliphatic carbocycles. The normalized spacial score (nSPS) is 21.3. The zero-order chi connectivity index (χ0) is 9.97. The summed E-state index contributed by atoms with van der Waals surface area (Å²) in [4.78, 5) is 1.33. The van der Waals surface area contributed by atoms with E-state index in [4.69, 9.17) is 12.3 Å². The zero-order valence-electron chi connectivity index (χ0n) is 7.73. The van der Waals surface area contributed by atoms with Gasteiger partial charge in [0.05, 0.1) is 6.04 Å². The van der Waals surface area contributed by atoms with Gasteiger partial charge >= 0.3 is 0 Å². The minimum absolute atomic E-state index is 0.0638. The first kappa shape index (κ1) is 9.60. The average Bonchev–Trinajstić information content (AvgIpc) is 2.65. The summed E-state index contributed by atoms with van der Waals surface area (Å²) in [6, 6.07) is 8.29. The molecule has 1 aromatic carbocycles. The van der Waals surface area contributed by atoms with Crippen LogP contribution in [0.4, 0.5) is 0 Å². The van der Waals surface area contributed by atoms with Crippen LogP contribution in [0.15, 0.2) is 29.2 Å². The van der Waals surface area contributed by atoms with Crippen molar-refractivity contribution in [2.45, 2.75) is 16.9 Å². The fourth-order valence-corrected chi connectivity index (χ4v) is 3.04. The molecule has 3 N–H and O–H groups in total. The van der Waals surface area contributed by atoms with E-state index in [1.807, 2.05) is 17.8 Å². The molecule has 0 radical (unpaired) electrons. The van der Waals surface area contributed by atoms with E-state index in [0.29, 0.717) is 5.92 Å². The van der Waals surface area contributed by atoms with Crippen LogP contribution in [-0.4, -0.2) is 11.8 Å². The van der Waals surface area contributed by atoms with Crippen molar-refractivity contribution in [3.8, 4) is 12.3 Å². The van der Waals surface area contributed by atoms with Crippen LogP contribution in [0.5, 0.6) is 0 Å². The fourth-order valence-electron chi connectivity index (χ4n) is 1.74. The largest absolute Gasteiger partial charge is 0.270 e. The van der Waals surface area contributed by atoms with Gasteiger partial charge < -0.3 is 0 Å². The number of nitrogens with two attached hydrogens (primary N) is 1. The predicted molar refractivity (Wildman–Crippen MR) is 59.9 cm³/mol. The van der Waals surface area contributed by atoms with Gasteiger partial charge in [-0.05, 0) is 11.6 Å². The molecule has 72 valence electrons. The minimum Gasteiger partial charge on any atom is -0.270 e. The maximum Gasteiger partial charge on any atom is 0.0891 e. The zero-order valence-corrected chi connectivity index (χ0v) is 8.55. The number of hydrazine groups is 1. The minimum atomic E-state index is -0.0638. The van der Waals surface area contributed by atoms with Gasteiger partial charge in [-0.1, -0.05) is 24.1 Å². The maximum absolute atomic E-state index is 5.42. The third kappa shape index (κ3) is 1.53. The molecule has 2 rings (SSSR count). The highest BCUT2D eigenvalue weighted by Crippen LogP contribution is 2.40. The maximum atomic E-state index is 5.42. The Labute approximate surface area is 88.2 Å². The van der Waals surface area contributed by atoms with Crippen LogP contribution >= 0.6 is 11.8 Å². The molecule has 1 aliphatic rings. The van der Waals surface area contributed by atoms with E-state index in [9.17, 15) is 0 Å². The Bertz CT molecular complexity index is 370. The highest BCUT2D eigenvalue weighted by molar-refractivity contribution is 7.99. The van der Waals surface area contributed by atoms with Crippen molar-refractivity contribution in [2.24, 2.45) is 5.84 Å². The van der Waals surface area contributed by atoms with Crippen molar-refractivity contribution in [1.82, 2.24) is 5.43 Å². The molecule has 2 nitrogen and oxygen atoms in total. The van der Waals surface area contributed by atoms with Gasteiger partial charge in [-0.25, -0.2) is 5.43 Å². The molecule has 3 heteroatoms. The summed E-state index contributed by atoms with van der Waals surface area (Å²) in [6.07, 6.45) is 5.42. The van der Waals surface area contributed by atoms with Crippen molar-refractivity contribution < 1.29 is 0 Å². The molecule has 1 heterocycles. The molecule has 0 fully saturated rings. The summed E-state index contributed by atoms with van der Waals surface area (Å²) in [5.74, 6) is 9.45. The number of thioether (sulfide) groups is 1. The Balaban J connectivity index is 2.30. The standard InChI is InChI=1S/C11H12N2S/c1-2-10(13-12)9-7-14-11-6-4-3-5-8(9)11/h1,3-6,9-10,13H,7,12H2. The second-order valence-electron chi connectivity index (χ2n) is 3.27. The Morgan fingerprint density at radius 2 is 2.36 bits per heavy atom. The van der Waals surface area contributed by atoms with Gasteiger partial charge in [0.1, 0.15) is 0 Å². The van der Waals surface area contributed by atoms with E-state index in [2.05, 4.69) is 29.5 Å². The van der Waals surface area contributed by atoms with Gasteiger partial charge in [0.15, 0.2) is 0 Å². The molecule has 1 aromatic rings. The van der Waals surface area contributed by atoms with Gasteiger partial charge in [0.25, 0.3) is 0 Å². The first-order valence-corrected chi connectivity index (χ1v) is 5.49. The van der Waals surface area contributed by atoms with Crippen LogP contribution in [0.25, 0.3) is 0 Å². The second-order valence-corrected chi connectivity index (χ2v) is 4.33. The van der Waals surface area contributed by atoms with Gasteiger partial charge in [-0.15, -0.1) is 18.2 Å². The van der Waals surface area contributed by atoms with Crippen molar-refractivity contribution in [3.63, 3.8) is 0 Å². The highest BCUT2D eigenvalue weighted by Gasteiger charge is 2.28. The van der Waals surface area contributed by atoms with E-state index in [1.165, 1.54) is 10.5 Å². The molecule has 0 bridgehead atoms. The molecular weight excluding hydrogens is 192 g/mol. The molecule has 14 heavy (non-hydrogen) atoms. The lowest BCUT2D eigenvalue weighted by atomic mass is 9.94. The van der Waals surface area contributed by atoms with Crippen molar-refractivity contribution >= 4 is 11.8 Å². The Hall–Kier alpha value is -0.950. The summed E-state index contributed by atoms with van der Waals surface area (Å²) < 4.78 is 0. The van der Waals surface area contributed by atoms with E-state index in [0.717, 1.165) is 5.75 Å². The first-order chi connectivity index (χ1) is 6.86. The quantitative estimate of drug-likeness (QED) is 0.434. The average molecular weight is 204 g/mol. The highest BCUT2D eigenvalue weighted by atomic mass is 32.2. The summed E-state index contributed by atoms with van der Waals surface area (Å²) in [5, 5.41) is 0. The van der Waals surface area contributed by atoms with E-state index >= 15 is 0 Å². The van der Waals surface area contributed by atoms with Crippen molar-refractivity contribution in [2.75, 3.05) is 5.75 Å². The summed E-state index contributed by atoms with van der Waals surface area (Å²) in [5.41, 5.74) is 4.00. The Morgan fingerprint density at radius 3 is 3.07 bits per heavy atom. The van der Waals surface area contributed by atoms with Gasteiger partial charge in [-0.3, -0.25) is 5.84 Å². The number of hydrogen-bond donors (Lipinski definition) is 2. The molecule has 2 unspecified atom stereocenters. The summed E-state index contributed by atoms with van der Waals surface area (Å²) >= 11 is 1.84. The lowest BCUT2D eigenvalue weighted by Crippen LogP contribution is -2.38. The van der Waals surface area contributed by atoms with Crippen LogP contribution in [0.1, 0.15) is 11.5 Å². The molecule has 0 spiro atoms.